The first-order valence-electron chi connectivity index (χ1n) is 6.81. The Morgan fingerprint density at radius 3 is 2.55 bits per heavy atom. The van der Waals surface area contributed by atoms with Crippen molar-refractivity contribution in [1.82, 2.24) is 10.6 Å². The zero-order chi connectivity index (χ0) is 16.8. The summed E-state index contributed by atoms with van der Waals surface area (Å²) in [4.78, 5) is 46.1. The molecule has 1 aliphatic heterocycles. The van der Waals surface area contributed by atoms with Crippen molar-refractivity contribution in [2.24, 2.45) is 5.41 Å². The minimum Gasteiger partial charge on any atom is -0.457 e. The molecule has 2 N–H and O–H groups in total. The van der Waals surface area contributed by atoms with E-state index in [0.29, 0.717) is 12.3 Å². The first-order chi connectivity index (χ1) is 10.3. The first-order valence-corrected chi connectivity index (χ1v) is 7.44. The number of cyclic esters (lactones) is 2. The number of amides is 2. The summed E-state index contributed by atoms with van der Waals surface area (Å²) in [6.07, 6.45) is -1.07. The average molecular weight is 332 g/mol. The van der Waals surface area contributed by atoms with Crippen LogP contribution in [0, 0.1) is 5.41 Å². The van der Waals surface area contributed by atoms with Gasteiger partial charge in [-0.2, -0.15) is 12.6 Å². The molecule has 9 heteroatoms. The Kier molecular flexibility index (Phi) is 6.66. The largest absolute Gasteiger partial charge is 0.457 e. The molecule has 0 aliphatic carbocycles. The van der Waals surface area contributed by atoms with Crippen molar-refractivity contribution in [3.05, 3.63) is 0 Å². The lowest BCUT2D eigenvalue weighted by molar-refractivity contribution is -0.168. The van der Waals surface area contributed by atoms with Crippen LogP contribution in [0.2, 0.25) is 0 Å². The van der Waals surface area contributed by atoms with Crippen LogP contribution in [-0.2, 0) is 28.7 Å². The molecule has 22 heavy (non-hydrogen) atoms. The second-order valence-electron chi connectivity index (χ2n) is 5.46. The van der Waals surface area contributed by atoms with Gasteiger partial charge in [0.05, 0.1) is 0 Å². The van der Waals surface area contributed by atoms with Crippen molar-refractivity contribution < 1.29 is 28.7 Å². The van der Waals surface area contributed by atoms with Crippen molar-refractivity contribution >= 4 is 36.4 Å². The summed E-state index contributed by atoms with van der Waals surface area (Å²) in [6, 6.07) is 0. The van der Waals surface area contributed by atoms with Crippen molar-refractivity contribution in [3.63, 3.8) is 0 Å². The second kappa shape index (κ2) is 8.02. The summed E-state index contributed by atoms with van der Waals surface area (Å²) < 4.78 is 9.62. The fourth-order valence-electron chi connectivity index (χ4n) is 1.78. The van der Waals surface area contributed by atoms with Crippen LogP contribution in [0.4, 0.5) is 0 Å². The highest BCUT2D eigenvalue weighted by Crippen LogP contribution is 2.27. The molecular weight excluding hydrogens is 312 g/mol. The predicted molar refractivity (Wildman–Crippen MR) is 79.1 cm³/mol. The van der Waals surface area contributed by atoms with Crippen LogP contribution in [0.25, 0.3) is 0 Å². The normalized spacial score (nSPS) is 20.4. The molecule has 2 amide bonds. The Morgan fingerprint density at radius 2 is 1.91 bits per heavy atom. The van der Waals surface area contributed by atoms with Crippen LogP contribution < -0.4 is 10.6 Å². The van der Waals surface area contributed by atoms with Crippen molar-refractivity contribution in [3.8, 4) is 0 Å². The molecule has 124 valence electrons. The van der Waals surface area contributed by atoms with E-state index in [-0.39, 0.29) is 25.5 Å². The molecule has 0 radical (unpaired) electrons. The van der Waals surface area contributed by atoms with Gasteiger partial charge in [-0.05, 0) is 0 Å². The number of carbonyl (C=O) groups excluding carboxylic acids is 4. The van der Waals surface area contributed by atoms with Crippen molar-refractivity contribution in [1.29, 1.82) is 0 Å². The number of nitrogens with one attached hydrogen (secondary N) is 2. The molecule has 8 nitrogen and oxygen atoms in total. The zero-order valence-electron chi connectivity index (χ0n) is 12.5. The van der Waals surface area contributed by atoms with Crippen LogP contribution in [0.15, 0.2) is 0 Å². The van der Waals surface area contributed by atoms with E-state index in [0.717, 1.165) is 0 Å². The van der Waals surface area contributed by atoms with Gasteiger partial charge in [-0.15, -0.1) is 0 Å². The van der Waals surface area contributed by atoms with E-state index in [4.69, 9.17) is 9.47 Å². The van der Waals surface area contributed by atoms with Gasteiger partial charge in [-0.25, -0.2) is 9.59 Å². The molecule has 0 aromatic heterocycles. The van der Waals surface area contributed by atoms with Gasteiger partial charge < -0.3 is 20.1 Å². The molecule has 0 spiro atoms. The third kappa shape index (κ3) is 5.21. The number of hydrogen-bond donors (Lipinski definition) is 3. The van der Waals surface area contributed by atoms with Gasteiger partial charge >= 0.3 is 11.9 Å². The van der Waals surface area contributed by atoms with Crippen LogP contribution in [0.5, 0.6) is 0 Å². The number of carbonyl (C=O) groups is 4. The standard InChI is InChI=1S/C13H20N2O6S/c1-13(2)7-20-11(18)12(19)21-9(13)10(17)15-4-3-8(16)14-5-6-22/h9,22H,3-7H2,1-2H3,(H,14,16)(H,15,17)/t9-/m1/s1. The second-order valence-corrected chi connectivity index (χ2v) is 5.91. The number of thiol groups is 1. The highest BCUT2D eigenvalue weighted by atomic mass is 32.1. The summed E-state index contributed by atoms with van der Waals surface area (Å²) in [6.45, 7) is 3.71. The topological polar surface area (TPSA) is 111 Å². The van der Waals surface area contributed by atoms with E-state index in [9.17, 15) is 19.2 Å². The number of ether oxygens (including phenoxy) is 2. The van der Waals surface area contributed by atoms with Gasteiger partial charge in [0, 0.05) is 30.7 Å². The molecule has 1 aliphatic rings. The van der Waals surface area contributed by atoms with E-state index >= 15 is 0 Å². The van der Waals surface area contributed by atoms with Gasteiger partial charge in [0.15, 0.2) is 6.10 Å². The Hall–Kier alpha value is -1.77. The zero-order valence-corrected chi connectivity index (χ0v) is 13.4. The maximum Gasteiger partial charge on any atom is 0.418 e. The molecule has 0 unspecified atom stereocenters. The lowest BCUT2D eigenvalue weighted by atomic mass is 9.87. The van der Waals surface area contributed by atoms with Gasteiger partial charge in [-0.3, -0.25) is 9.59 Å². The minimum absolute atomic E-state index is 0.0933. The van der Waals surface area contributed by atoms with E-state index < -0.39 is 29.4 Å². The molecule has 1 fully saturated rings. The molecular formula is C13H20N2O6S. The molecule has 1 saturated heterocycles. The molecule has 0 bridgehead atoms. The van der Waals surface area contributed by atoms with Gasteiger partial charge in [0.1, 0.15) is 6.61 Å². The predicted octanol–water partition coefficient (Wildman–Crippen LogP) is -0.966. The lowest BCUT2D eigenvalue weighted by Crippen LogP contribution is -2.47. The summed E-state index contributed by atoms with van der Waals surface area (Å²) in [5, 5.41) is 5.12. The fraction of sp³-hybridized carbons (Fsp3) is 0.692. The molecule has 1 rings (SSSR count). The smallest absolute Gasteiger partial charge is 0.418 e. The van der Waals surface area contributed by atoms with E-state index in [2.05, 4.69) is 23.3 Å². The lowest BCUT2D eigenvalue weighted by Gasteiger charge is -2.28. The quantitative estimate of drug-likeness (QED) is 0.328. The third-order valence-electron chi connectivity index (χ3n) is 3.00. The highest BCUT2D eigenvalue weighted by molar-refractivity contribution is 7.80. The summed E-state index contributed by atoms with van der Waals surface area (Å²) in [7, 11) is 0. The van der Waals surface area contributed by atoms with Gasteiger partial charge in [0.25, 0.3) is 5.91 Å². The SMILES string of the molecule is CC1(C)COC(=O)C(=O)O[C@@H]1C(=O)NCCC(=O)NCCS. The summed E-state index contributed by atoms with van der Waals surface area (Å²) in [5.41, 5.74) is -0.861. The maximum atomic E-state index is 12.1. The van der Waals surface area contributed by atoms with Crippen LogP contribution in [-0.4, -0.2) is 55.3 Å². The number of rotatable bonds is 6. The molecule has 0 saturated carbocycles. The number of hydrogen-bond acceptors (Lipinski definition) is 7. The Labute approximate surface area is 133 Å². The third-order valence-corrected chi connectivity index (χ3v) is 3.22. The average Bonchev–Trinajstić information content (AvgIpc) is 2.56. The van der Waals surface area contributed by atoms with E-state index in [1.807, 2.05) is 0 Å². The first kappa shape index (κ1) is 18.3. The summed E-state index contributed by atoms with van der Waals surface area (Å²) >= 11 is 3.96. The van der Waals surface area contributed by atoms with Crippen molar-refractivity contribution in [2.45, 2.75) is 26.4 Å². The fourth-order valence-corrected chi connectivity index (χ4v) is 1.90. The van der Waals surface area contributed by atoms with Crippen LogP contribution in [0.3, 0.4) is 0 Å². The van der Waals surface area contributed by atoms with Crippen LogP contribution in [0.1, 0.15) is 20.3 Å². The monoisotopic (exact) mass is 332 g/mol. The number of esters is 2. The van der Waals surface area contributed by atoms with E-state index in [1.54, 1.807) is 13.8 Å². The molecule has 1 atom stereocenters. The van der Waals surface area contributed by atoms with Crippen molar-refractivity contribution in [2.75, 3.05) is 25.4 Å². The minimum atomic E-state index is -1.20. The van der Waals surface area contributed by atoms with Gasteiger partial charge in [0.2, 0.25) is 5.91 Å². The Bertz CT molecular complexity index is 465. The van der Waals surface area contributed by atoms with Gasteiger partial charge in [-0.1, -0.05) is 13.8 Å². The summed E-state index contributed by atoms with van der Waals surface area (Å²) in [5.74, 6) is -2.58. The molecule has 0 aromatic rings. The maximum absolute atomic E-state index is 12.1. The van der Waals surface area contributed by atoms with Crippen LogP contribution >= 0.6 is 12.6 Å². The Balaban J connectivity index is 2.53. The highest BCUT2D eigenvalue weighted by Gasteiger charge is 2.44. The van der Waals surface area contributed by atoms with E-state index in [1.165, 1.54) is 0 Å². The Morgan fingerprint density at radius 1 is 1.23 bits per heavy atom. The molecule has 1 heterocycles. The molecule has 0 aromatic carbocycles.